The van der Waals surface area contributed by atoms with Crippen LogP contribution in [0.3, 0.4) is 0 Å². The van der Waals surface area contributed by atoms with E-state index < -0.39 is 0 Å². The first-order valence-electron chi connectivity index (χ1n) is 4.97. The van der Waals surface area contributed by atoms with E-state index >= 15 is 0 Å². The average Bonchev–Trinajstić information content (AvgIpc) is 2.75. The van der Waals surface area contributed by atoms with E-state index in [9.17, 15) is 0 Å². The maximum absolute atomic E-state index is 5.82. The third kappa shape index (κ3) is 2.04. The average molecular weight is 388 g/mol. The second-order valence-corrected chi connectivity index (χ2v) is 5.74. The lowest BCUT2D eigenvalue weighted by Crippen LogP contribution is -1.92. The van der Waals surface area contributed by atoms with Crippen molar-refractivity contribution in [3.8, 4) is 11.4 Å². The van der Waals surface area contributed by atoms with Crippen molar-refractivity contribution in [2.75, 3.05) is 0 Å². The number of halogens is 3. The Kier molecular flexibility index (Phi) is 3.09. The van der Waals surface area contributed by atoms with Gasteiger partial charge in [-0.15, -0.1) is 10.2 Å². The van der Waals surface area contributed by atoms with Crippen LogP contribution in [0.1, 0.15) is 0 Å². The summed E-state index contributed by atoms with van der Waals surface area (Å²) in [6, 6.07) is 7.54. The van der Waals surface area contributed by atoms with Gasteiger partial charge in [0.05, 0.1) is 0 Å². The van der Waals surface area contributed by atoms with Crippen molar-refractivity contribution in [2.24, 2.45) is 0 Å². The monoisotopic (exact) mass is 386 g/mol. The van der Waals surface area contributed by atoms with Crippen molar-refractivity contribution in [3.63, 3.8) is 0 Å². The third-order valence-corrected chi connectivity index (χ3v) is 3.83. The molecule has 18 heavy (non-hydrogen) atoms. The summed E-state index contributed by atoms with van der Waals surface area (Å²) in [5, 5.41) is 8.65. The Morgan fingerprint density at radius 1 is 1.11 bits per heavy atom. The van der Waals surface area contributed by atoms with Crippen molar-refractivity contribution in [1.29, 1.82) is 0 Å². The van der Waals surface area contributed by atoms with Gasteiger partial charge < -0.3 is 0 Å². The lowest BCUT2D eigenvalue weighted by molar-refractivity contribution is 1.08. The molecule has 0 aliphatic rings. The Bertz CT molecular complexity index is 741. The molecule has 0 unspecified atom stereocenters. The molecule has 90 valence electrons. The number of aromatic nitrogens is 4. The normalized spacial score (nSPS) is 11.1. The van der Waals surface area contributed by atoms with Crippen LogP contribution in [0.4, 0.5) is 0 Å². The molecule has 0 aliphatic heterocycles. The number of nitrogens with zero attached hydrogens (tertiary/aromatic N) is 4. The Morgan fingerprint density at radius 3 is 2.78 bits per heavy atom. The van der Waals surface area contributed by atoms with Crippen LogP contribution in [0.25, 0.3) is 17.0 Å². The molecule has 0 spiro atoms. The molecule has 3 rings (SSSR count). The molecule has 0 radical (unpaired) electrons. The second kappa shape index (κ2) is 4.60. The number of benzene rings is 1. The molecule has 0 saturated heterocycles. The van der Waals surface area contributed by atoms with Gasteiger partial charge in [-0.3, -0.25) is 4.40 Å². The number of hydrogen-bond donors (Lipinski definition) is 0. The maximum Gasteiger partial charge on any atom is 0.170 e. The molecular formula is C11H5Br2ClN4. The zero-order valence-corrected chi connectivity index (χ0v) is 12.7. The lowest BCUT2D eigenvalue weighted by Gasteiger charge is -2.03. The van der Waals surface area contributed by atoms with Gasteiger partial charge >= 0.3 is 0 Å². The lowest BCUT2D eigenvalue weighted by atomic mass is 10.2. The molecular weight excluding hydrogens is 383 g/mol. The summed E-state index contributed by atoms with van der Waals surface area (Å²) in [5.41, 5.74) is 1.60. The van der Waals surface area contributed by atoms with Crippen LogP contribution in [-0.4, -0.2) is 19.6 Å². The first kappa shape index (κ1) is 12.1. The highest BCUT2D eigenvalue weighted by Gasteiger charge is 2.12. The first-order chi connectivity index (χ1) is 8.65. The van der Waals surface area contributed by atoms with E-state index in [0.717, 1.165) is 14.5 Å². The minimum Gasteiger partial charge on any atom is -0.265 e. The van der Waals surface area contributed by atoms with Gasteiger partial charge in [0.2, 0.25) is 0 Å². The summed E-state index contributed by atoms with van der Waals surface area (Å²) in [7, 11) is 0. The molecule has 3 aromatic rings. The van der Waals surface area contributed by atoms with Crippen LogP contribution >= 0.6 is 43.5 Å². The molecule has 1 aromatic carbocycles. The highest BCUT2D eigenvalue weighted by Crippen LogP contribution is 2.30. The summed E-state index contributed by atoms with van der Waals surface area (Å²) in [6.07, 6.45) is 1.61. The van der Waals surface area contributed by atoms with Crippen LogP contribution in [0.15, 0.2) is 39.5 Å². The van der Waals surface area contributed by atoms with Gasteiger partial charge in [-0.25, -0.2) is 4.98 Å². The molecule has 0 bridgehead atoms. The molecule has 7 heteroatoms. The van der Waals surface area contributed by atoms with Crippen LogP contribution in [0, 0.1) is 0 Å². The predicted octanol–water partition coefficient (Wildman–Crippen LogP) is 3.97. The third-order valence-electron chi connectivity index (χ3n) is 2.44. The minimum atomic E-state index is 0.398. The molecule has 0 atom stereocenters. The standard InChI is InChI=1S/C11H5Br2ClN4/c12-6-1-2-8(13)7(3-6)11-17-16-10-4-9(14)15-5-18(10)11/h1-5H. The smallest absolute Gasteiger partial charge is 0.170 e. The van der Waals surface area contributed by atoms with Crippen molar-refractivity contribution in [1.82, 2.24) is 19.6 Å². The molecule has 2 aromatic heterocycles. The maximum atomic E-state index is 5.82. The van der Waals surface area contributed by atoms with Crippen LogP contribution < -0.4 is 0 Å². The summed E-state index contributed by atoms with van der Waals surface area (Å²) >= 11 is 12.8. The highest BCUT2D eigenvalue weighted by molar-refractivity contribution is 9.11. The van der Waals surface area contributed by atoms with E-state index in [1.54, 1.807) is 16.8 Å². The van der Waals surface area contributed by atoms with Crippen molar-refractivity contribution in [2.45, 2.75) is 0 Å². The fourth-order valence-corrected chi connectivity index (χ4v) is 2.55. The molecule has 4 nitrogen and oxygen atoms in total. The quantitative estimate of drug-likeness (QED) is 0.593. The van der Waals surface area contributed by atoms with Crippen molar-refractivity contribution >= 4 is 49.1 Å². The van der Waals surface area contributed by atoms with Gasteiger partial charge in [0.15, 0.2) is 11.5 Å². The first-order valence-corrected chi connectivity index (χ1v) is 6.93. The minimum absolute atomic E-state index is 0.398. The summed E-state index contributed by atoms with van der Waals surface area (Å²) in [5.74, 6) is 0.711. The van der Waals surface area contributed by atoms with E-state index in [-0.39, 0.29) is 0 Å². The molecule has 0 aliphatic carbocycles. The SMILES string of the molecule is Clc1cc2nnc(-c3cc(Br)ccc3Br)n2cn1. The van der Waals surface area contributed by atoms with Crippen molar-refractivity contribution in [3.05, 3.63) is 44.7 Å². The highest BCUT2D eigenvalue weighted by atomic mass is 79.9. The van der Waals surface area contributed by atoms with E-state index in [4.69, 9.17) is 11.6 Å². The van der Waals surface area contributed by atoms with Gasteiger partial charge in [0.1, 0.15) is 11.5 Å². The summed E-state index contributed by atoms with van der Waals surface area (Å²) in [6.45, 7) is 0. The fraction of sp³-hybridized carbons (Fsp3) is 0. The van der Waals surface area contributed by atoms with Crippen LogP contribution in [-0.2, 0) is 0 Å². The number of fused-ring (bicyclic) bond motifs is 1. The summed E-state index contributed by atoms with van der Waals surface area (Å²) < 4.78 is 3.70. The Labute approximate surface area is 124 Å². The van der Waals surface area contributed by atoms with E-state index in [1.165, 1.54) is 0 Å². The topological polar surface area (TPSA) is 43.1 Å². The van der Waals surface area contributed by atoms with Gasteiger partial charge in [-0.2, -0.15) is 0 Å². The van der Waals surface area contributed by atoms with Crippen molar-refractivity contribution < 1.29 is 0 Å². The number of hydrogen-bond acceptors (Lipinski definition) is 3. The van der Waals surface area contributed by atoms with Crippen LogP contribution in [0.5, 0.6) is 0 Å². The Morgan fingerprint density at radius 2 is 1.94 bits per heavy atom. The Hall–Kier alpha value is -0.980. The van der Waals surface area contributed by atoms with Gasteiger partial charge in [0, 0.05) is 20.6 Å². The van der Waals surface area contributed by atoms with E-state index in [1.807, 2.05) is 18.2 Å². The molecule has 0 saturated carbocycles. The Balaban J connectivity index is 2.28. The van der Waals surface area contributed by atoms with E-state index in [0.29, 0.717) is 16.6 Å². The second-order valence-electron chi connectivity index (χ2n) is 3.59. The number of rotatable bonds is 1. The fourth-order valence-electron chi connectivity index (χ4n) is 1.62. The zero-order chi connectivity index (χ0) is 12.7. The largest absolute Gasteiger partial charge is 0.265 e. The summed E-state index contributed by atoms with van der Waals surface area (Å²) in [4.78, 5) is 4.04. The molecule has 2 heterocycles. The zero-order valence-electron chi connectivity index (χ0n) is 8.81. The van der Waals surface area contributed by atoms with E-state index in [2.05, 4.69) is 47.0 Å². The van der Waals surface area contributed by atoms with Crippen LogP contribution in [0.2, 0.25) is 5.15 Å². The molecule has 0 N–H and O–H groups in total. The molecule has 0 fully saturated rings. The predicted molar refractivity (Wildman–Crippen MR) is 76.6 cm³/mol. The molecule has 0 amide bonds. The van der Waals surface area contributed by atoms with Gasteiger partial charge in [0.25, 0.3) is 0 Å². The van der Waals surface area contributed by atoms with Gasteiger partial charge in [-0.1, -0.05) is 43.5 Å². The van der Waals surface area contributed by atoms with Gasteiger partial charge in [-0.05, 0) is 18.2 Å².